The molecule has 1 heterocycles. The summed E-state index contributed by atoms with van der Waals surface area (Å²) in [5.74, 6) is -0.289. The largest absolute Gasteiger partial charge is 0.373 e. The Hall–Kier alpha value is -2.74. The number of nitrogens with one attached hydrogen (secondary N) is 1. The standard InChI is InChI=1S/C23H24N2O4S/c1-16-14-25(15-17(2)29-16)30(27,28)22-11-8-19(9-12-22)23(26)24-21-10-7-18-5-3-4-6-20(18)13-21/h3-13,16-17H,14-15H2,1-2H3,(H,24,26). The number of hydrogen-bond acceptors (Lipinski definition) is 4. The van der Waals surface area contributed by atoms with E-state index in [0.717, 1.165) is 10.8 Å². The molecule has 0 aliphatic carbocycles. The third-order valence-corrected chi connectivity index (χ3v) is 6.99. The third kappa shape index (κ3) is 4.23. The van der Waals surface area contributed by atoms with E-state index in [9.17, 15) is 13.2 Å². The van der Waals surface area contributed by atoms with Crippen LogP contribution in [0.5, 0.6) is 0 Å². The molecule has 156 valence electrons. The van der Waals surface area contributed by atoms with Gasteiger partial charge in [0.15, 0.2) is 0 Å². The summed E-state index contributed by atoms with van der Waals surface area (Å²) in [4.78, 5) is 12.8. The van der Waals surface area contributed by atoms with Crippen LogP contribution in [0.4, 0.5) is 5.69 Å². The van der Waals surface area contributed by atoms with Gasteiger partial charge in [-0.1, -0.05) is 30.3 Å². The average Bonchev–Trinajstić information content (AvgIpc) is 2.73. The second-order valence-electron chi connectivity index (χ2n) is 7.62. The van der Waals surface area contributed by atoms with Crippen LogP contribution < -0.4 is 5.32 Å². The van der Waals surface area contributed by atoms with Crippen LogP contribution in [-0.4, -0.2) is 43.9 Å². The van der Waals surface area contributed by atoms with E-state index < -0.39 is 10.0 Å². The fraction of sp³-hybridized carbons (Fsp3) is 0.261. The Bertz CT molecular complexity index is 1170. The molecule has 0 radical (unpaired) electrons. The number of anilines is 1. The summed E-state index contributed by atoms with van der Waals surface area (Å²) in [7, 11) is -3.63. The number of amides is 1. The van der Waals surface area contributed by atoms with Crippen molar-refractivity contribution in [3.63, 3.8) is 0 Å². The maximum absolute atomic E-state index is 12.9. The Kier molecular flexibility index (Phi) is 5.60. The van der Waals surface area contributed by atoms with Crippen LogP contribution in [0.1, 0.15) is 24.2 Å². The van der Waals surface area contributed by atoms with Crippen LogP contribution in [0.25, 0.3) is 10.8 Å². The number of carbonyl (C=O) groups is 1. The Labute approximate surface area is 176 Å². The fourth-order valence-corrected chi connectivity index (χ4v) is 5.32. The van der Waals surface area contributed by atoms with Crippen molar-refractivity contribution in [2.24, 2.45) is 0 Å². The predicted molar refractivity (Wildman–Crippen MR) is 117 cm³/mol. The van der Waals surface area contributed by atoms with Gasteiger partial charge in [-0.15, -0.1) is 0 Å². The number of fused-ring (bicyclic) bond motifs is 1. The quantitative estimate of drug-likeness (QED) is 0.689. The first-order chi connectivity index (χ1) is 14.3. The number of hydrogen-bond donors (Lipinski definition) is 1. The molecule has 0 saturated carbocycles. The van der Waals surface area contributed by atoms with Gasteiger partial charge < -0.3 is 10.1 Å². The highest BCUT2D eigenvalue weighted by Crippen LogP contribution is 2.23. The molecule has 0 spiro atoms. The molecule has 2 atom stereocenters. The zero-order chi connectivity index (χ0) is 21.3. The molecule has 0 aromatic heterocycles. The van der Waals surface area contributed by atoms with Crippen LogP contribution in [0.2, 0.25) is 0 Å². The molecule has 2 unspecified atom stereocenters. The van der Waals surface area contributed by atoms with Gasteiger partial charge in [0.05, 0.1) is 17.1 Å². The number of morpholine rings is 1. The van der Waals surface area contributed by atoms with E-state index >= 15 is 0 Å². The van der Waals surface area contributed by atoms with Crippen molar-refractivity contribution in [2.75, 3.05) is 18.4 Å². The van der Waals surface area contributed by atoms with Gasteiger partial charge in [0.25, 0.3) is 5.91 Å². The molecule has 6 nitrogen and oxygen atoms in total. The van der Waals surface area contributed by atoms with Crippen LogP contribution in [0.15, 0.2) is 71.6 Å². The number of benzene rings is 3. The Morgan fingerprint density at radius 3 is 2.23 bits per heavy atom. The molecule has 3 aromatic rings. The highest BCUT2D eigenvalue weighted by atomic mass is 32.2. The first-order valence-corrected chi connectivity index (χ1v) is 11.3. The van der Waals surface area contributed by atoms with Crippen LogP contribution in [-0.2, 0) is 14.8 Å². The second kappa shape index (κ2) is 8.18. The van der Waals surface area contributed by atoms with Crippen molar-refractivity contribution in [1.29, 1.82) is 0 Å². The van der Waals surface area contributed by atoms with E-state index in [-0.39, 0.29) is 23.0 Å². The minimum absolute atomic E-state index is 0.157. The van der Waals surface area contributed by atoms with Crippen molar-refractivity contribution in [2.45, 2.75) is 31.0 Å². The summed E-state index contributed by atoms with van der Waals surface area (Å²) in [5.41, 5.74) is 1.08. The van der Waals surface area contributed by atoms with Gasteiger partial charge in [0.2, 0.25) is 10.0 Å². The van der Waals surface area contributed by atoms with Crippen LogP contribution in [0.3, 0.4) is 0 Å². The molecule has 1 aliphatic heterocycles. The van der Waals surface area contributed by atoms with E-state index in [1.807, 2.05) is 56.3 Å². The molecular formula is C23H24N2O4S. The smallest absolute Gasteiger partial charge is 0.255 e. The Balaban J connectivity index is 1.50. The normalized spacial score (nSPS) is 20.2. The lowest BCUT2D eigenvalue weighted by molar-refractivity contribution is -0.0440. The van der Waals surface area contributed by atoms with E-state index in [2.05, 4.69) is 5.32 Å². The molecule has 1 fully saturated rings. The van der Waals surface area contributed by atoms with Gasteiger partial charge in [-0.3, -0.25) is 4.79 Å². The minimum atomic E-state index is -3.63. The zero-order valence-electron chi connectivity index (χ0n) is 16.9. The maximum atomic E-state index is 12.9. The molecule has 7 heteroatoms. The lowest BCUT2D eigenvalue weighted by atomic mass is 10.1. The molecule has 4 rings (SSSR count). The molecule has 3 aromatic carbocycles. The molecule has 1 saturated heterocycles. The average molecular weight is 425 g/mol. The van der Waals surface area contributed by atoms with Crippen LogP contribution in [0, 0.1) is 0 Å². The summed E-state index contributed by atoms with van der Waals surface area (Å²) < 4.78 is 33.0. The van der Waals surface area contributed by atoms with Crippen molar-refractivity contribution in [3.05, 3.63) is 72.3 Å². The molecular weight excluding hydrogens is 400 g/mol. The van der Waals surface area contributed by atoms with Gasteiger partial charge in [0, 0.05) is 24.3 Å². The Morgan fingerprint density at radius 1 is 0.933 bits per heavy atom. The van der Waals surface area contributed by atoms with Gasteiger partial charge >= 0.3 is 0 Å². The molecule has 1 aliphatic rings. The zero-order valence-corrected chi connectivity index (χ0v) is 17.7. The second-order valence-corrected chi connectivity index (χ2v) is 9.56. The van der Waals surface area contributed by atoms with E-state index in [4.69, 9.17) is 4.74 Å². The predicted octanol–water partition coefficient (Wildman–Crippen LogP) is 3.89. The highest BCUT2D eigenvalue weighted by Gasteiger charge is 2.32. The van der Waals surface area contributed by atoms with Gasteiger partial charge in [0.1, 0.15) is 0 Å². The molecule has 1 amide bonds. The molecule has 30 heavy (non-hydrogen) atoms. The van der Waals surface area contributed by atoms with Crippen molar-refractivity contribution >= 4 is 32.4 Å². The van der Waals surface area contributed by atoms with E-state index in [0.29, 0.717) is 24.3 Å². The first-order valence-electron chi connectivity index (χ1n) is 9.89. The first kappa shape index (κ1) is 20.5. The topological polar surface area (TPSA) is 75.7 Å². The minimum Gasteiger partial charge on any atom is -0.373 e. The number of sulfonamides is 1. The summed E-state index contributed by atoms with van der Waals surface area (Å²) >= 11 is 0. The fourth-order valence-electron chi connectivity index (χ4n) is 3.72. The molecule has 1 N–H and O–H groups in total. The third-order valence-electron chi connectivity index (χ3n) is 5.15. The monoisotopic (exact) mass is 424 g/mol. The van der Waals surface area contributed by atoms with E-state index in [1.54, 1.807) is 0 Å². The summed E-state index contributed by atoms with van der Waals surface area (Å²) in [6.07, 6.45) is -0.314. The lowest BCUT2D eigenvalue weighted by Crippen LogP contribution is -2.48. The highest BCUT2D eigenvalue weighted by molar-refractivity contribution is 7.89. The Morgan fingerprint density at radius 2 is 1.57 bits per heavy atom. The van der Waals surface area contributed by atoms with Crippen molar-refractivity contribution in [3.8, 4) is 0 Å². The van der Waals surface area contributed by atoms with Crippen molar-refractivity contribution in [1.82, 2.24) is 4.31 Å². The van der Waals surface area contributed by atoms with Crippen LogP contribution >= 0.6 is 0 Å². The lowest BCUT2D eigenvalue weighted by Gasteiger charge is -2.34. The SMILES string of the molecule is CC1CN(S(=O)(=O)c2ccc(C(=O)Nc3ccc4ccccc4c3)cc2)CC(C)O1. The number of carbonyl (C=O) groups excluding carboxylic acids is 1. The number of rotatable bonds is 4. The maximum Gasteiger partial charge on any atom is 0.255 e. The summed E-state index contributed by atoms with van der Waals surface area (Å²) in [6, 6.07) is 19.7. The van der Waals surface area contributed by atoms with Gasteiger partial charge in [-0.2, -0.15) is 4.31 Å². The summed E-state index contributed by atoms with van der Waals surface area (Å²) in [6.45, 7) is 4.35. The number of ether oxygens (including phenoxy) is 1. The van der Waals surface area contributed by atoms with Crippen molar-refractivity contribution < 1.29 is 17.9 Å². The summed E-state index contributed by atoms with van der Waals surface area (Å²) in [5, 5.41) is 5.00. The molecule has 0 bridgehead atoms. The van der Waals surface area contributed by atoms with Gasteiger partial charge in [-0.25, -0.2) is 8.42 Å². The number of nitrogens with zero attached hydrogens (tertiary/aromatic N) is 1. The van der Waals surface area contributed by atoms with E-state index in [1.165, 1.54) is 28.6 Å². The van der Waals surface area contributed by atoms with Gasteiger partial charge in [-0.05, 0) is 61.0 Å².